The molecule has 7 nitrogen and oxygen atoms in total. The summed E-state index contributed by atoms with van der Waals surface area (Å²) < 4.78 is 18.7. The normalized spacial score (nSPS) is 10.4. The van der Waals surface area contributed by atoms with E-state index in [1.165, 1.54) is 48.5 Å². The molecule has 24 heavy (non-hydrogen) atoms. The lowest BCUT2D eigenvalue weighted by molar-refractivity contribution is -0.384. The molecule has 0 atom stereocenters. The van der Waals surface area contributed by atoms with Gasteiger partial charge in [-0.2, -0.15) is 0 Å². The standard InChI is InChI=1S/C16H10FN3O4/c17-13-7-2-1-6-12(13)15-9-14(19-24-15)16(21)18-10-4-3-5-11(8-10)20(22)23/h1-9H,(H,18,21). The fourth-order valence-corrected chi connectivity index (χ4v) is 2.06. The lowest BCUT2D eigenvalue weighted by Crippen LogP contribution is -2.12. The Hall–Kier alpha value is -3.55. The van der Waals surface area contributed by atoms with Crippen molar-refractivity contribution in [3.05, 3.63) is 76.2 Å². The van der Waals surface area contributed by atoms with Crippen molar-refractivity contribution in [3.8, 4) is 11.3 Å². The van der Waals surface area contributed by atoms with Crippen LogP contribution in [0.3, 0.4) is 0 Å². The number of nitrogens with zero attached hydrogens (tertiary/aromatic N) is 2. The molecule has 0 spiro atoms. The minimum absolute atomic E-state index is 0.0697. The number of anilines is 1. The Bertz CT molecular complexity index is 923. The highest BCUT2D eigenvalue weighted by atomic mass is 19.1. The molecule has 0 aliphatic rings. The molecule has 0 fully saturated rings. The first-order valence-corrected chi connectivity index (χ1v) is 6.82. The zero-order valence-corrected chi connectivity index (χ0v) is 12.1. The minimum Gasteiger partial charge on any atom is -0.355 e. The van der Waals surface area contributed by atoms with E-state index < -0.39 is 16.6 Å². The second-order valence-corrected chi connectivity index (χ2v) is 4.82. The van der Waals surface area contributed by atoms with Gasteiger partial charge in [-0.25, -0.2) is 4.39 Å². The number of nitro groups is 1. The second kappa shape index (κ2) is 6.29. The van der Waals surface area contributed by atoms with E-state index in [4.69, 9.17) is 4.52 Å². The zero-order valence-electron chi connectivity index (χ0n) is 12.1. The van der Waals surface area contributed by atoms with E-state index in [1.807, 2.05) is 0 Å². The number of rotatable bonds is 4. The van der Waals surface area contributed by atoms with Gasteiger partial charge in [0.05, 0.1) is 10.5 Å². The molecule has 3 aromatic rings. The van der Waals surface area contributed by atoms with Gasteiger partial charge in [-0.05, 0) is 18.2 Å². The fourth-order valence-electron chi connectivity index (χ4n) is 2.06. The zero-order chi connectivity index (χ0) is 17.1. The Morgan fingerprint density at radius 2 is 1.96 bits per heavy atom. The molecule has 2 aromatic carbocycles. The molecule has 120 valence electrons. The summed E-state index contributed by atoms with van der Waals surface area (Å²) in [5.74, 6) is -1.02. The number of carbonyl (C=O) groups excluding carboxylic acids is 1. The summed E-state index contributed by atoms with van der Waals surface area (Å²) in [6.07, 6.45) is 0. The number of amides is 1. The van der Waals surface area contributed by atoms with Crippen molar-refractivity contribution in [3.63, 3.8) is 0 Å². The summed E-state index contributed by atoms with van der Waals surface area (Å²) in [4.78, 5) is 22.3. The van der Waals surface area contributed by atoms with Crippen molar-refractivity contribution in [2.75, 3.05) is 5.32 Å². The van der Waals surface area contributed by atoms with Crippen LogP contribution >= 0.6 is 0 Å². The highest BCUT2D eigenvalue weighted by Gasteiger charge is 2.16. The van der Waals surface area contributed by atoms with E-state index in [1.54, 1.807) is 6.07 Å². The van der Waals surface area contributed by atoms with Gasteiger partial charge in [-0.1, -0.05) is 23.4 Å². The average molecular weight is 327 g/mol. The molecular formula is C16H10FN3O4. The number of nitro benzene ring substituents is 1. The molecule has 0 unspecified atom stereocenters. The monoisotopic (exact) mass is 327 g/mol. The number of carbonyl (C=O) groups is 1. The maximum atomic E-state index is 13.7. The van der Waals surface area contributed by atoms with Gasteiger partial charge < -0.3 is 9.84 Å². The van der Waals surface area contributed by atoms with Crippen molar-refractivity contribution in [2.24, 2.45) is 0 Å². The topological polar surface area (TPSA) is 98.3 Å². The smallest absolute Gasteiger partial charge is 0.277 e. The van der Waals surface area contributed by atoms with Gasteiger partial charge in [-0.3, -0.25) is 14.9 Å². The Morgan fingerprint density at radius 1 is 1.17 bits per heavy atom. The van der Waals surface area contributed by atoms with Crippen LogP contribution in [0.1, 0.15) is 10.5 Å². The van der Waals surface area contributed by atoms with E-state index in [0.717, 1.165) is 0 Å². The van der Waals surface area contributed by atoms with Crippen molar-refractivity contribution >= 4 is 17.3 Å². The van der Waals surface area contributed by atoms with Crippen LogP contribution in [-0.4, -0.2) is 16.0 Å². The Morgan fingerprint density at radius 3 is 2.71 bits per heavy atom. The van der Waals surface area contributed by atoms with Crippen molar-refractivity contribution in [1.82, 2.24) is 5.16 Å². The molecule has 0 saturated heterocycles. The predicted molar refractivity (Wildman–Crippen MR) is 82.9 cm³/mol. The maximum absolute atomic E-state index is 13.7. The van der Waals surface area contributed by atoms with E-state index >= 15 is 0 Å². The largest absolute Gasteiger partial charge is 0.355 e. The lowest BCUT2D eigenvalue weighted by Gasteiger charge is -2.01. The molecule has 3 rings (SSSR count). The van der Waals surface area contributed by atoms with Gasteiger partial charge in [0.2, 0.25) is 0 Å². The third-order valence-electron chi connectivity index (χ3n) is 3.20. The van der Waals surface area contributed by atoms with Crippen molar-refractivity contribution < 1.29 is 18.6 Å². The third kappa shape index (κ3) is 3.12. The van der Waals surface area contributed by atoms with Crippen LogP contribution in [0.5, 0.6) is 0 Å². The van der Waals surface area contributed by atoms with Crippen LogP contribution in [0.4, 0.5) is 15.8 Å². The maximum Gasteiger partial charge on any atom is 0.277 e. The molecule has 1 aromatic heterocycles. The molecule has 1 heterocycles. The van der Waals surface area contributed by atoms with Gasteiger partial charge in [0.25, 0.3) is 11.6 Å². The Balaban J connectivity index is 1.81. The molecule has 0 aliphatic carbocycles. The quantitative estimate of drug-likeness (QED) is 0.582. The number of benzene rings is 2. The molecule has 1 N–H and O–H groups in total. The first kappa shape index (κ1) is 15.3. The highest BCUT2D eigenvalue weighted by molar-refractivity contribution is 6.03. The van der Waals surface area contributed by atoms with E-state index in [0.29, 0.717) is 0 Å². The number of hydrogen-bond donors (Lipinski definition) is 1. The summed E-state index contributed by atoms with van der Waals surface area (Å²) >= 11 is 0. The average Bonchev–Trinajstić information content (AvgIpc) is 3.05. The summed E-state index contributed by atoms with van der Waals surface area (Å²) in [6.45, 7) is 0. The first-order valence-electron chi connectivity index (χ1n) is 6.82. The summed E-state index contributed by atoms with van der Waals surface area (Å²) in [7, 11) is 0. The lowest BCUT2D eigenvalue weighted by atomic mass is 10.1. The Kier molecular flexibility index (Phi) is 4.02. The molecule has 1 amide bonds. The number of nitrogens with one attached hydrogen (secondary N) is 1. The van der Waals surface area contributed by atoms with Gasteiger partial charge in [0.15, 0.2) is 11.5 Å². The van der Waals surface area contributed by atoms with Gasteiger partial charge >= 0.3 is 0 Å². The molecule has 0 saturated carbocycles. The number of hydrogen-bond acceptors (Lipinski definition) is 5. The highest BCUT2D eigenvalue weighted by Crippen LogP contribution is 2.24. The summed E-state index contributed by atoms with van der Waals surface area (Å²) in [5, 5.41) is 16.8. The van der Waals surface area contributed by atoms with Crippen LogP contribution in [-0.2, 0) is 0 Å². The van der Waals surface area contributed by atoms with Crippen molar-refractivity contribution in [1.29, 1.82) is 0 Å². The fraction of sp³-hybridized carbons (Fsp3) is 0. The Labute approximate surface area is 134 Å². The molecule has 0 aliphatic heterocycles. The molecule has 8 heteroatoms. The minimum atomic E-state index is -0.623. The van der Waals surface area contributed by atoms with Crippen LogP contribution in [0, 0.1) is 15.9 Å². The van der Waals surface area contributed by atoms with Gasteiger partial charge in [0.1, 0.15) is 5.82 Å². The van der Waals surface area contributed by atoms with E-state index in [2.05, 4.69) is 10.5 Å². The third-order valence-corrected chi connectivity index (χ3v) is 3.20. The molecule has 0 bridgehead atoms. The molecule has 0 radical (unpaired) electrons. The summed E-state index contributed by atoms with van der Waals surface area (Å²) in [5.41, 5.74) is 0.198. The number of non-ortho nitro benzene ring substituents is 1. The second-order valence-electron chi connectivity index (χ2n) is 4.82. The summed E-state index contributed by atoms with van der Waals surface area (Å²) in [6, 6.07) is 12.7. The molecular weight excluding hydrogens is 317 g/mol. The first-order chi connectivity index (χ1) is 11.5. The van der Waals surface area contributed by atoms with Crippen molar-refractivity contribution in [2.45, 2.75) is 0 Å². The SMILES string of the molecule is O=C(Nc1cccc([N+](=O)[O-])c1)c1cc(-c2ccccc2F)on1. The number of aromatic nitrogens is 1. The van der Waals surface area contributed by atoms with E-state index in [9.17, 15) is 19.3 Å². The van der Waals surface area contributed by atoms with Crippen LogP contribution in [0.15, 0.2) is 59.1 Å². The van der Waals surface area contributed by atoms with Crippen LogP contribution in [0.25, 0.3) is 11.3 Å². The predicted octanol–water partition coefficient (Wildman–Crippen LogP) is 3.64. The van der Waals surface area contributed by atoms with Gasteiger partial charge in [-0.15, -0.1) is 0 Å². The van der Waals surface area contributed by atoms with E-state index in [-0.39, 0.29) is 28.4 Å². The number of halogens is 1. The van der Waals surface area contributed by atoms with Crippen LogP contribution in [0.2, 0.25) is 0 Å². The van der Waals surface area contributed by atoms with Gasteiger partial charge in [0, 0.05) is 23.9 Å². The van der Waals surface area contributed by atoms with Crippen LogP contribution < -0.4 is 5.32 Å².